The molecule has 0 amide bonds. The highest BCUT2D eigenvalue weighted by molar-refractivity contribution is 5.53. The molecule has 0 unspecified atom stereocenters. The first kappa shape index (κ1) is 10.2. The van der Waals surface area contributed by atoms with Gasteiger partial charge in [-0.25, -0.2) is 0 Å². The molecule has 6 nitrogen and oxygen atoms in total. The van der Waals surface area contributed by atoms with Gasteiger partial charge in [-0.15, -0.1) is 0 Å². The molecule has 0 atom stereocenters. The van der Waals surface area contributed by atoms with E-state index in [1.54, 1.807) is 28.8 Å². The van der Waals surface area contributed by atoms with E-state index < -0.39 is 4.92 Å². The van der Waals surface area contributed by atoms with E-state index in [0.717, 1.165) is 0 Å². The van der Waals surface area contributed by atoms with E-state index in [2.05, 4.69) is 4.98 Å². The zero-order chi connectivity index (χ0) is 10.7. The van der Waals surface area contributed by atoms with Gasteiger partial charge in [0.25, 0.3) is 0 Å². The standard InChI is InChI=1S/C8H12N4O2/c1-10(2)5-4-7-8(12(13)14)9-6-11(7)3/h4-6H,1-3H3/b5-4+. The zero-order valence-electron chi connectivity index (χ0n) is 8.34. The highest BCUT2D eigenvalue weighted by Crippen LogP contribution is 2.16. The topological polar surface area (TPSA) is 64.2 Å². The fraction of sp³-hybridized carbons (Fsp3) is 0.375. The summed E-state index contributed by atoms with van der Waals surface area (Å²) in [6, 6.07) is 0. The van der Waals surface area contributed by atoms with Gasteiger partial charge in [-0.05, 0) is 16.0 Å². The smallest absolute Gasteiger partial charge is 0.383 e. The molecule has 0 spiro atoms. The molecule has 0 aromatic carbocycles. The number of hydrogen-bond donors (Lipinski definition) is 0. The van der Waals surface area contributed by atoms with Crippen LogP contribution < -0.4 is 0 Å². The first-order valence-corrected chi connectivity index (χ1v) is 4.02. The molecule has 1 heterocycles. The predicted octanol–water partition coefficient (Wildman–Crippen LogP) is 0.861. The van der Waals surface area contributed by atoms with Gasteiger partial charge in [0.05, 0.1) is 0 Å². The van der Waals surface area contributed by atoms with Crippen molar-refractivity contribution in [1.29, 1.82) is 0 Å². The van der Waals surface area contributed by atoms with Crippen LogP contribution in [0.15, 0.2) is 12.5 Å². The average molecular weight is 196 g/mol. The number of hydrogen-bond acceptors (Lipinski definition) is 4. The van der Waals surface area contributed by atoms with Gasteiger partial charge < -0.3 is 19.6 Å². The molecule has 0 aliphatic heterocycles. The van der Waals surface area contributed by atoms with Crippen molar-refractivity contribution >= 4 is 11.9 Å². The van der Waals surface area contributed by atoms with Gasteiger partial charge in [0.2, 0.25) is 6.33 Å². The minimum atomic E-state index is -0.491. The van der Waals surface area contributed by atoms with Gasteiger partial charge in [0.15, 0.2) is 0 Å². The summed E-state index contributed by atoms with van der Waals surface area (Å²) in [5.74, 6) is -0.120. The Labute approximate surface area is 81.6 Å². The summed E-state index contributed by atoms with van der Waals surface area (Å²) in [5.41, 5.74) is 0.490. The molecule has 1 aromatic rings. The Kier molecular flexibility index (Phi) is 2.85. The normalized spacial score (nSPS) is 10.8. The molecule has 0 fully saturated rings. The number of nitro groups is 1. The lowest BCUT2D eigenvalue weighted by molar-refractivity contribution is -0.389. The molecular weight excluding hydrogens is 184 g/mol. The molecular formula is C8H12N4O2. The lowest BCUT2D eigenvalue weighted by Gasteiger charge is -2.02. The lowest BCUT2D eigenvalue weighted by atomic mass is 10.4. The Bertz CT molecular complexity index is 367. The molecule has 1 aromatic heterocycles. The van der Waals surface area contributed by atoms with Crippen LogP contribution in [0, 0.1) is 10.1 Å². The van der Waals surface area contributed by atoms with Gasteiger partial charge in [-0.2, -0.15) is 0 Å². The SMILES string of the molecule is CN(C)/C=C/c1c([N+](=O)[O-])ncn1C. The Morgan fingerprint density at radius 3 is 2.79 bits per heavy atom. The highest BCUT2D eigenvalue weighted by Gasteiger charge is 2.16. The van der Waals surface area contributed by atoms with E-state index in [1.165, 1.54) is 6.33 Å². The third kappa shape index (κ3) is 2.09. The second kappa shape index (κ2) is 3.91. The van der Waals surface area contributed by atoms with E-state index in [4.69, 9.17) is 0 Å². The van der Waals surface area contributed by atoms with Gasteiger partial charge in [0, 0.05) is 27.3 Å². The molecule has 0 radical (unpaired) electrons. The van der Waals surface area contributed by atoms with E-state index in [-0.39, 0.29) is 5.82 Å². The van der Waals surface area contributed by atoms with Crippen molar-refractivity contribution in [2.45, 2.75) is 0 Å². The minimum Gasteiger partial charge on any atom is -0.383 e. The highest BCUT2D eigenvalue weighted by atomic mass is 16.6. The number of nitrogens with zero attached hydrogens (tertiary/aromatic N) is 4. The molecule has 0 aliphatic carbocycles. The molecule has 1 rings (SSSR count). The Morgan fingerprint density at radius 2 is 2.29 bits per heavy atom. The van der Waals surface area contributed by atoms with E-state index in [0.29, 0.717) is 5.69 Å². The van der Waals surface area contributed by atoms with Crippen LogP contribution in [-0.4, -0.2) is 33.5 Å². The van der Waals surface area contributed by atoms with Crippen molar-refractivity contribution < 1.29 is 4.92 Å². The zero-order valence-corrected chi connectivity index (χ0v) is 8.34. The largest absolute Gasteiger partial charge is 0.389 e. The van der Waals surface area contributed by atoms with Crippen molar-refractivity contribution in [3.63, 3.8) is 0 Å². The van der Waals surface area contributed by atoms with Crippen LogP contribution in [0.1, 0.15) is 5.69 Å². The maximum atomic E-state index is 10.6. The Balaban J connectivity index is 3.05. The number of aryl methyl sites for hydroxylation is 1. The minimum absolute atomic E-state index is 0.120. The third-order valence-corrected chi connectivity index (χ3v) is 1.67. The predicted molar refractivity (Wildman–Crippen MR) is 52.6 cm³/mol. The summed E-state index contributed by atoms with van der Waals surface area (Å²) in [4.78, 5) is 15.6. The van der Waals surface area contributed by atoms with E-state index in [1.807, 2.05) is 14.1 Å². The molecule has 0 saturated carbocycles. The molecule has 0 aliphatic rings. The number of rotatable bonds is 3. The molecule has 14 heavy (non-hydrogen) atoms. The first-order chi connectivity index (χ1) is 6.52. The number of aromatic nitrogens is 2. The summed E-state index contributed by atoms with van der Waals surface area (Å²) in [6.07, 6.45) is 4.82. The van der Waals surface area contributed by atoms with E-state index >= 15 is 0 Å². The van der Waals surface area contributed by atoms with Gasteiger partial charge in [-0.1, -0.05) is 0 Å². The van der Waals surface area contributed by atoms with Gasteiger partial charge in [0.1, 0.15) is 5.69 Å². The van der Waals surface area contributed by atoms with Crippen molar-refractivity contribution in [1.82, 2.24) is 14.5 Å². The Morgan fingerprint density at radius 1 is 1.64 bits per heavy atom. The molecule has 0 bridgehead atoms. The van der Waals surface area contributed by atoms with Crippen LogP contribution in [0.25, 0.3) is 6.08 Å². The fourth-order valence-corrected chi connectivity index (χ4v) is 0.980. The van der Waals surface area contributed by atoms with Gasteiger partial charge >= 0.3 is 5.82 Å². The van der Waals surface area contributed by atoms with Crippen molar-refractivity contribution in [2.75, 3.05) is 14.1 Å². The van der Waals surface area contributed by atoms with Crippen LogP contribution in [0.5, 0.6) is 0 Å². The van der Waals surface area contributed by atoms with Crippen LogP contribution in [0.2, 0.25) is 0 Å². The average Bonchev–Trinajstić information content (AvgIpc) is 2.43. The second-order valence-electron chi connectivity index (χ2n) is 3.10. The maximum absolute atomic E-state index is 10.6. The summed E-state index contributed by atoms with van der Waals surface area (Å²) in [6.45, 7) is 0. The van der Waals surface area contributed by atoms with E-state index in [9.17, 15) is 10.1 Å². The second-order valence-corrected chi connectivity index (χ2v) is 3.10. The van der Waals surface area contributed by atoms with Crippen molar-refractivity contribution in [2.24, 2.45) is 7.05 Å². The molecule has 6 heteroatoms. The fourth-order valence-electron chi connectivity index (χ4n) is 0.980. The third-order valence-electron chi connectivity index (χ3n) is 1.67. The summed E-state index contributed by atoms with van der Waals surface area (Å²) >= 11 is 0. The van der Waals surface area contributed by atoms with Gasteiger partial charge in [-0.3, -0.25) is 0 Å². The number of imidazole rings is 1. The summed E-state index contributed by atoms with van der Waals surface area (Å²) in [5, 5.41) is 10.6. The first-order valence-electron chi connectivity index (χ1n) is 4.02. The van der Waals surface area contributed by atoms with Crippen LogP contribution in [0.3, 0.4) is 0 Å². The van der Waals surface area contributed by atoms with Crippen LogP contribution in [0.4, 0.5) is 5.82 Å². The van der Waals surface area contributed by atoms with Crippen LogP contribution >= 0.6 is 0 Å². The van der Waals surface area contributed by atoms with Crippen molar-refractivity contribution in [3.05, 3.63) is 28.3 Å². The Hall–Kier alpha value is -1.85. The van der Waals surface area contributed by atoms with Crippen LogP contribution in [-0.2, 0) is 7.05 Å². The van der Waals surface area contributed by atoms with Crippen molar-refractivity contribution in [3.8, 4) is 0 Å². The monoisotopic (exact) mass is 196 g/mol. The molecule has 76 valence electrons. The maximum Gasteiger partial charge on any atom is 0.389 e. The summed E-state index contributed by atoms with van der Waals surface area (Å²) in [7, 11) is 5.41. The molecule has 0 N–H and O–H groups in total. The molecule has 0 saturated heterocycles. The summed E-state index contributed by atoms with van der Waals surface area (Å²) < 4.78 is 1.61. The quantitative estimate of drug-likeness (QED) is 0.531. The lowest BCUT2D eigenvalue weighted by Crippen LogP contribution is -2.01.